The van der Waals surface area contributed by atoms with Gasteiger partial charge in [0.1, 0.15) is 0 Å². The Labute approximate surface area is 109 Å². The summed E-state index contributed by atoms with van der Waals surface area (Å²) in [5.41, 5.74) is 1.19. The Bertz CT molecular complexity index is 353. The van der Waals surface area contributed by atoms with Crippen LogP contribution in [0.5, 0.6) is 5.88 Å². The summed E-state index contributed by atoms with van der Waals surface area (Å²) in [5.74, 6) is 0.709. The van der Waals surface area contributed by atoms with Crippen LogP contribution in [0.2, 0.25) is 0 Å². The van der Waals surface area contributed by atoms with E-state index < -0.39 is 0 Å². The molecule has 0 radical (unpaired) electrons. The minimum atomic E-state index is 0.622. The first-order valence-corrected chi connectivity index (χ1v) is 6.90. The number of rotatable bonds is 6. The van der Waals surface area contributed by atoms with Crippen LogP contribution in [0.1, 0.15) is 26.7 Å². The summed E-state index contributed by atoms with van der Waals surface area (Å²) in [7, 11) is 0. The molecule has 0 amide bonds. The van der Waals surface area contributed by atoms with E-state index >= 15 is 0 Å². The molecule has 4 heteroatoms. The number of ether oxygens (including phenoxy) is 1. The van der Waals surface area contributed by atoms with Gasteiger partial charge in [0, 0.05) is 25.2 Å². The summed E-state index contributed by atoms with van der Waals surface area (Å²) in [6.07, 6.45) is 4.32. The summed E-state index contributed by atoms with van der Waals surface area (Å²) in [5, 5.41) is 3.58. The standard InChI is InChI=1S/C14H23N3O/c1-3-8-15-12-7-9-17(11-12)13-5-6-14(16-10-13)18-4-2/h5-6,10,12,15H,3-4,7-9,11H2,1-2H3. The Morgan fingerprint density at radius 3 is 3.00 bits per heavy atom. The fourth-order valence-electron chi connectivity index (χ4n) is 2.30. The van der Waals surface area contributed by atoms with Gasteiger partial charge in [0.2, 0.25) is 5.88 Å². The number of anilines is 1. The smallest absolute Gasteiger partial charge is 0.213 e. The van der Waals surface area contributed by atoms with Gasteiger partial charge in [-0.2, -0.15) is 0 Å². The zero-order chi connectivity index (χ0) is 12.8. The van der Waals surface area contributed by atoms with Crippen LogP contribution in [0, 0.1) is 0 Å². The molecular weight excluding hydrogens is 226 g/mol. The molecule has 2 rings (SSSR count). The van der Waals surface area contributed by atoms with Gasteiger partial charge in [0.25, 0.3) is 0 Å². The van der Waals surface area contributed by atoms with Crippen LogP contribution in [0.15, 0.2) is 18.3 Å². The van der Waals surface area contributed by atoms with Crippen LogP contribution in [-0.2, 0) is 0 Å². The van der Waals surface area contributed by atoms with E-state index in [2.05, 4.69) is 28.2 Å². The van der Waals surface area contributed by atoms with Crippen LogP contribution in [0.3, 0.4) is 0 Å². The van der Waals surface area contributed by atoms with Gasteiger partial charge >= 0.3 is 0 Å². The molecule has 2 heterocycles. The number of hydrogen-bond donors (Lipinski definition) is 1. The minimum absolute atomic E-state index is 0.622. The molecule has 1 unspecified atom stereocenters. The van der Waals surface area contributed by atoms with E-state index in [4.69, 9.17) is 4.74 Å². The van der Waals surface area contributed by atoms with Crippen molar-refractivity contribution in [1.82, 2.24) is 10.3 Å². The molecular formula is C14H23N3O. The topological polar surface area (TPSA) is 37.4 Å². The highest BCUT2D eigenvalue weighted by Gasteiger charge is 2.21. The highest BCUT2D eigenvalue weighted by molar-refractivity contribution is 5.46. The second-order valence-corrected chi connectivity index (χ2v) is 4.67. The summed E-state index contributed by atoms with van der Waals surface area (Å²) >= 11 is 0. The molecule has 1 fully saturated rings. The van der Waals surface area contributed by atoms with Gasteiger partial charge in [0.05, 0.1) is 18.5 Å². The lowest BCUT2D eigenvalue weighted by Crippen LogP contribution is -2.32. The molecule has 1 saturated heterocycles. The van der Waals surface area contributed by atoms with Gasteiger partial charge in [-0.3, -0.25) is 0 Å². The second kappa shape index (κ2) is 6.59. The summed E-state index contributed by atoms with van der Waals surface area (Å²) in [6, 6.07) is 4.67. The van der Waals surface area contributed by atoms with Gasteiger partial charge in [-0.15, -0.1) is 0 Å². The number of nitrogens with zero attached hydrogens (tertiary/aromatic N) is 2. The molecule has 0 aliphatic carbocycles. The van der Waals surface area contributed by atoms with Gasteiger partial charge in [0.15, 0.2) is 0 Å². The predicted molar refractivity (Wildman–Crippen MR) is 74.3 cm³/mol. The highest BCUT2D eigenvalue weighted by Crippen LogP contribution is 2.21. The molecule has 1 aromatic rings. The van der Waals surface area contributed by atoms with Gasteiger partial charge in [-0.05, 0) is 32.4 Å². The Morgan fingerprint density at radius 2 is 2.33 bits per heavy atom. The first-order chi connectivity index (χ1) is 8.83. The quantitative estimate of drug-likeness (QED) is 0.837. The summed E-state index contributed by atoms with van der Waals surface area (Å²) < 4.78 is 5.36. The van der Waals surface area contributed by atoms with Crippen molar-refractivity contribution in [2.75, 3.05) is 31.1 Å². The third kappa shape index (κ3) is 3.35. The molecule has 1 N–H and O–H groups in total. The first-order valence-electron chi connectivity index (χ1n) is 6.90. The molecule has 18 heavy (non-hydrogen) atoms. The molecule has 1 atom stereocenters. The maximum atomic E-state index is 5.36. The molecule has 0 bridgehead atoms. The fourth-order valence-corrected chi connectivity index (χ4v) is 2.30. The third-order valence-electron chi connectivity index (χ3n) is 3.25. The monoisotopic (exact) mass is 249 g/mol. The van der Waals surface area contributed by atoms with Crippen molar-refractivity contribution in [3.05, 3.63) is 18.3 Å². The van der Waals surface area contributed by atoms with Crippen LogP contribution in [0.25, 0.3) is 0 Å². The average molecular weight is 249 g/mol. The third-order valence-corrected chi connectivity index (χ3v) is 3.25. The largest absolute Gasteiger partial charge is 0.478 e. The normalized spacial score (nSPS) is 19.2. The zero-order valence-electron chi connectivity index (χ0n) is 11.4. The molecule has 0 saturated carbocycles. The average Bonchev–Trinajstić information content (AvgIpc) is 2.86. The van der Waals surface area contributed by atoms with E-state index in [-0.39, 0.29) is 0 Å². The van der Waals surface area contributed by atoms with E-state index in [1.807, 2.05) is 19.2 Å². The molecule has 100 valence electrons. The summed E-state index contributed by atoms with van der Waals surface area (Å²) in [4.78, 5) is 6.70. The second-order valence-electron chi connectivity index (χ2n) is 4.67. The van der Waals surface area contributed by atoms with Crippen molar-refractivity contribution >= 4 is 5.69 Å². The van der Waals surface area contributed by atoms with E-state index in [0.29, 0.717) is 18.5 Å². The van der Waals surface area contributed by atoms with E-state index in [1.54, 1.807) is 0 Å². The van der Waals surface area contributed by atoms with Crippen LogP contribution in [0.4, 0.5) is 5.69 Å². The van der Waals surface area contributed by atoms with Gasteiger partial charge < -0.3 is 15.0 Å². The first kappa shape index (κ1) is 13.1. The maximum absolute atomic E-state index is 5.36. The number of hydrogen-bond acceptors (Lipinski definition) is 4. The summed E-state index contributed by atoms with van der Waals surface area (Å²) in [6.45, 7) is 8.14. The Hall–Kier alpha value is -1.29. The Balaban J connectivity index is 1.88. The van der Waals surface area contributed by atoms with Crippen molar-refractivity contribution in [1.29, 1.82) is 0 Å². The Morgan fingerprint density at radius 1 is 1.44 bits per heavy atom. The highest BCUT2D eigenvalue weighted by atomic mass is 16.5. The lowest BCUT2D eigenvalue weighted by atomic mass is 10.2. The number of nitrogens with one attached hydrogen (secondary N) is 1. The van der Waals surface area contributed by atoms with Crippen LogP contribution < -0.4 is 15.0 Å². The molecule has 0 aromatic carbocycles. The van der Waals surface area contributed by atoms with Crippen molar-refractivity contribution in [2.24, 2.45) is 0 Å². The molecule has 4 nitrogen and oxygen atoms in total. The van der Waals surface area contributed by atoms with E-state index in [9.17, 15) is 0 Å². The van der Waals surface area contributed by atoms with Crippen LogP contribution >= 0.6 is 0 Å². The van der Waals surface area contributed by atoms with Crippen molar-refractivity contribution in [2.45, 2.75) is 32.7 Å². The van der Waals surface area contributed by atoms with Crippen LogP contribution in [-0.4, -0.2) is 37.3 Å². The molecule has 1 aliphatic heterocycles. The maximum Gasteiger partial charge on any atom is 0.213 e. The van der Waals surface area contributed by atoms with Crippen molar-refractivity contribution < 1.29 is 4.74 Å². The van der Waals surface area contributed by atoms with Crippen molar-refractivity contribution in [3.63, 3.8) is 0 Å². The van der Waals surface area contributed by atoms with Crippen molar-refractivity contribution in [3.8, 4) is 5.88 Å². The molecule has 1 aromatic heterocycles. The molecule has 0 spiro atoms. The Kier molecular flexibility index (Phi) is 4.81. The fraction of sp³-hybridized carbons (Fsp3) is 0.643. The van der Waals surface area contributed by atoms with E-state index in [1.165, 1.54) is 18.5 Å². The lowest BCUT2D eigenvalue weighted by Gasteiger charge is -2.18. The predicted octanol–water partition coefficient (Wildman–Crippen LogP) is 2.06. The van der Waals surface area contributed by atoms with Gasteiger partial charge in [-0.1, -0.05) is 6.92 Å². The van der Waals surface area contributed by atoms with Gasteiger partial charge in [-0.25, -0.2) is 4.98 Å². The molecule has 1 aliphatic rings. The number of aromatic nitrogens is 1. The van der Waals surface area contributed by atoms with E-state index in [0.717, 1.165) is 19.6 Å². The number of pyridine rings is 1. The zero-order valence-corrected chi connectivity index (χ0v) is 11.4. The SMILES string of the molecule is CCCNC1CCN(c2ccc(OCC)nc2)C1. The lowest BCUT2D eigenvalue weighted by molar-refractivity contribution is 0.327. The minimum Gasteiger partial charge on any atom is -0.478 e.